The Morgan fingerprint density at radius 1 is 0.538 bits per heavy atom. The summed E-state index contributed by atoms with van der Waals surface area (Å²) in [5.41, 5.74) is 6.26. The van der Waals surface area contributed by atoms with Crippen molar-refractivity contribution < 1.29 is 0 Å². The van der Waals surface area contributed by atoms with Crippen molar-refractivity contribution in [1.29, 1.82) is 0 Å². The van der Waals surface area contributed by atoms with Crippen LogP contribution >= 0.6 is 21.6 Å². The van der Waals surface area contributed by atoms with Crippen LogP contribution in [0.5, 0.6) is 0 Å². The van der Waals surface area contributed by atoms with E-state index in [2.05, 4.69) is 64.1 Å². The van der Waals surface area contributed by atoms with Crippen molar-refractivity contribution in [3.8, 4) is 0 Å². The van der Waals surface area contributed by atoms with Gasteiger partial charge in [-0.25, -0.2) is 0 Å². The molecule has 0 saturated carbocycles. The third-order valence-corrected chi connectivity index (χ3v) is 7.25. The van der Waals surface area contributed by atoms with E-state index < -0.39 is 0 Å². The van der Waals surface area contributed by atoms with Gasteiger partial charge in [0.15, 0.2) is 0 Å². The molecule has 2 aromatic carbocycles. The predicted octanol–water partition coefficient (Wildman–Crippen LogP) is 8.30. The lowest BCUT2D eigenvalue weighted by Gasteiger charge is -2.16. The van der Waals surface area contributed by atoms with Crippen LogP contribution in [-0.4, -0.2) is 0 Å². The highest BCUT2D eigenvalue weighted by Crippen LogP contribution is 2.42. The van der Waals surface area contributed by atoms with E-state index in [4.69, 9.17) is 0 Å². The smallest absolute Gasteiger partial charge is 0.0221 e. The number of hydrogen-bond acceptors (Lipinski definition) is 2. The standard InChI is InChI=1S/C24H34S2/c1-5-11-19-15-9-17-23(21(19)13-7-3)25-26-24-18-10-16-20(12-6-2)22(24)14-8-4/h9-10,15-18H,5-8,11-14H2,1-4H3. The van der Waals surface area contributed by atoms with Crippen molar-refractivity contribution in [3.63, 3.8) is 0 Å². The molecule has 0 nitrogen and oxygen atoms in total. The molecule has 26 heavy (non-hydrogen) atoms. The Bertz CT molecular complexity index is 616. The Morgan fingerprint density at radius 2 is 0.923 bits per heavy atom. The Labute approximate surface area is 169 Å². The maximum atomic E-state index is 2.33. The summed E-state index contributed by atoms with van der Waals surface area (Å²) in [6, 6.07) is 13.8. The molecule has 0 aliphatic carbocycles. The molecule has 0 aromatic heterocycles. The van der Waals surface area contributed by atoms with Gasteiger partial charge >= 0.3 is 0 Å². The van der Waals surface area contributed by atoms with Gasteiger partial charge < -0.3 is 0 Å². The van der Waals surface area contributed by atoms with E-state index in [1.165, 1.54) is 61.2 Å². The lowest BCUT2D eigenvalue weighted by Crippen LogP contribution is -1.97. The minimum Gasteiger partial charge on any atom is -0.0651 e. The molecule has 0 heterocycles. The normalized spacial score (nSPS) is 11.1. The van der Waals surface area contributed by atoms with Crippen LogP contribution in [-0.2, 0) is 25.7 Å². The molecule has 0 unspecified atom stereocenters. The van der Waals surface area contributed by atoms with Gasteiger partial charge in [0.2, 0.25) is 0 Å². The van der Waals surface area contributed by atoms with E-state index >= 15 is 0 Å². The van der Waals surface area contributed by atoms with Gasteiger partial charge in [-0.1, -0.05) is 99.2 Å². The Balaban J connectivity index is 2.25. The molecule has 0 atom stereocenters. The monoisotopic (exact) mass is 386 g/mol. The molecule has 2 heteroatoms. The molecule has 0 aliphatic heterocycles. The fourth-order valence-electron chi connectivity index (χ4n) is 3.54. The van der Waals surface area contributed by atoms with Crippen LogP contribution in [0.2, 0.25) is 0 Å². The zero-order chi connectivity index (χ0) is 18.8. The summed E-state index contributed by atoms with van der Waals surface area (Å²) < 4.78 is 0. The van der Waals surface area contributed by atoms with Crippen molar-refractivity contribution in [2.75, 3.05) is 0 Å². The van der Waals surface area contributed by atoms with E-state index in [0.717, 1.165) is 0 Å². The number of aryl methyl sites for hydroxylation is 2. The minimum absolute atomic E-state index is 1.19. The van der Waals surface area contributed by atoms with Crippen molar-refractivity contribution in [2.24, 2.45) is 0 Å². The molecular formula is C24H34S2. The number of benzene rings is 2. The Hall–Kier alpha value is -0.860. The highest BCUT2D eigenvalue weighted by molar-refractivity contribution is 8.76. The molecule has 0 saturated heterocycles. The average Bonchev–Trinajstić information content (AvgIpc) is 2.64. The highest BCUT2D eigenvalue weighted by atomic mass is 33.1. The third kappa shape index (κ3) is 5.82. The van der Waals surface area contributed by atoms with Crippen LogP contribution < -0.4 is 0 Å². The van der Waals surface area contributed by atoms with E-state index in [9.17, 15) is 0 Å². The van der Waals surface area contributed by atoms with E-state index in [1.54, 1.807) is 22.3 Å². The summed E-state index contributed by atoms with van der Waals surface area (Å²) in [7, 11) is 3.93. The van der Waals surface area contributed by atoms with Gasteiger partial charge in [0, 0.05) is 9.79 Å². The highest BCUT2D eigenvalue weighted by Gasteiger charge is 2.12. The summed E-state index contributed by atoms with van der Waals surface area (Å²) in [5.74, 6) is 0. The number of hydrogen-bond donors (Lipinski definition) is 0. The Kier molecular flexibility index (Phi) is 9.71. The summed E-state index contributed by atoms with van der Waals surface area (Å²) in [5, 5.41) is 0. The molecule has 0 fully saturated rings. The zero-order valence-electron chi connectivity index (χ0n) is 16.9. The van der Waals surface area contributed by atoms with Crippen molar-refractivity contribution in [2.45, 2.75) is 88.9 Å². The first-order valence-corrected chi connectivity index (χ1v) is 12.5. The molecule has 0 bridgehead atoms. The van der Waals surface area contributed by atoms with E-state index in [-0.39, 0.29) is 0 Å². The molecule has 0 amide bonds. The van der Waals surface area contributed by atoms with Crippen LogP contribution in [0.1, 0.15) is 75.6 Å². The maximum Gasteiger partial charge on any atom is 0.0221 e. The van der Waals surface area contributed by atoms with Gasteiger partial charge in [-0.3, -0.25) is 0 Å². The zero-order valence-corrected chi connectivity index (χ0v) is 18.6. The SMILES string of the molecule is CCCc1cccc(SSc2cccc(CCC)c2CCC)c1CCC. The van der Waals surface area contributed by atoms with Gasteiger partial charge in [-0.15, -0.1) is 0 Å². The lowest BCUT2D eigenvalue weighted by atomic mass is 10.00. The first-order valence-electron chi connectivity index (χ1n) is 10.3. The van der Waals surface area contributed by atoms with Crippen molar-refractivity contribution >= 4 is 21.6 Å². The maximum absolute atomic E-state index is 2.33. The lowest BCUT2D eigenvalue weighted by molar-refractivity contribution is 0.843. The fourth-order valence-corrected chi connectivity index (χ4v) is 6.13. The van der Waals surface area contributed by atoms with Crippen LogP contribution in [0.25, 0.3) is 0 Å². The molecule has 0 spiro atoms. The molecule has 0 aliphatic rings. The van der Waals surface area contributed by atoms with Gasteiger partial charge in [0.05, 0.1) is 0 Å². The predicted molar refractivity (Wildman–Crippen MR) is 121 cm³/mol. The first-order chi connectivity index (χ1) is 12.7. The Morgan fingerprint density at radius 3 is 1.27 bits per heavy atom. The van der Waals surface area contributed by atoms with E-state index in [1.807, 2.05) is 21.6 Å². The third-order valence-electron chi connectivity index (χ3n) is 4.72. The molecule has 142 valence electrons. The van der Waals surface area contributed by atoms with Gasteiger partial charge in [-0.2, -0.15) is 0 Å². The molecular weight excluding hydrogens is 352 g/mol. The fraction of sp³-hybridized carbons (Fsp3) is 0.500. The van der Waals surface area contributed by atoms with Crippen molar-refractivity contribution in [3.05, 3.63) is 58.7 Å². The molecule has 2 aromatic rings. The minimum atomic E-state index is 1.19. The molecule has 2 rings (SSSR count). The van der Waals surface area contributed by atoms with Gasteiger partial charge in [0.1, 0.15) is 0 Å². The van der Waals surface area contributed by atoms with Crippen LogP contribution in [0.3, 0.4) is 0 Å². The summed E-state index contributed by atoms with van der Waals surface area (Å²) in [6.07, 6.45) is 9.64. The van der Waals surface area contributed by atoms with Gasteiger partial charge in [-0.05, 0) is 60.1 Å². The quantitative estimate of drug-likeness (QED) is 0.356. The first kappa shape index (κ1) is 21.4. The van der Waals surface area contributed by atoms with Crippen LogP contribution in [0, 0.1) is 0 Å². The van der Waals surface area contributed by atoms with E-state index in [0.29, 0.717) is 0 Å². The summed E-state index contributed by atoms with van der Waals surface area (Å²) >= 11 is 0. The van der Waals surface area contributed by atoms with Crippen LogP contribution in [0.15, 0.2) is 46.2 Å². The largest absolute Gasteiger partial charge is 0.0651 e. The van der Waals surface area contributed by atoms with Gasteiger partial charge in [0.25, 0.3) is 0 Å². The molecule has 0 radical (unpaired) electrons. The second-order valence-corrected chi connectivity index (χ2v) is 9.17. The summed E-state index contributed by atoms with van der Waals surface area (Å²) in [4.78, 5) is 2.93. The van der Waals surface area contributed by atoms with Crippen LogP contribution in [0.4, 0.5) is 0 Å². The van der Waals surface area contributed by atoms with Crippen molar-refractivity contribution in [1.82, 2.24) is 0 Å². The number of rotatable bonds is 11. The molecule has 0 N–H and O–H groups in total. The topological polar surface area (TPSA) is 0 Å². The second kappa shape index (κ2) is 11.8. The average molecular weight is 387 g/mol. The second-order valence-electron chi connectivity index (χ2n) is 6.95. The summed E-state index contributed by atoms with van der Waals surface area (Å²) in [6.45, 7) is 9.14.